The fraction of sp³-hybridized carbons (Fsp3) is 0.353. The van der Waals surface area contributed by atoms with E-state index in [-0.39, 0.29) is 30.0 Å². The Labute approximate surface area is 181 Å². The minimum absolute atomic E-state index is 0. The smallest absolute Gasteiger partial charge is 0.192 e. The molecule has 0 aliphatic rings. The van der Waals surface area contributed by atoms with Gasteiger partial charge in [-0.2, -0.15) is 0 Å². The first-order valence-corrected chi connectivity index (χ1v) is 8.63. The summed E-state index contributed by atoms with van der Waals surface area (Å²) >= 11 is 12.1. The number of nitrogens with zero attached hydrogens (tertiary/aromatic N) is 4. The van der Waals surface area contributed by atoms with E-state index in [1.54, 1.807) is 12.1 Å². The molecular formula is C17H23Cl2IN6. The number of aromatic nitrogens is 3. The topological polar surface area (TPSA) is 67.1 Å². The molecule has 1 heterocycles. The van der Waals surface area contributed by atoms with Crippen molar-refractivity contribution in [2.45, 2.75) is 26.4 Å². The highest BCUT2D eigenvalue weighted by molar-refractivity contribution is 14.0. The van der Waals surface area contributed by atoms with Gasteiger partial charge in [-0.15, -0.1) is 40.8 Å². The third-order valence-corrected chi connectivity index (χ3v) is 4.51. The first kappa shape index (κ1) is 22.7. The number of hydrogen-bond acceptors (Lipinski definition) is 3. The van der Waals surface area contributed by atoms with E-state index in [4.69, 9.17) is 23.2 Å². The number of hydrogen-bond donors (Lipinski definition) is 2. The first-order chi connectivity index (χ1) is 11.9. The minimum Gasteiger partial charge on any atom is -0.353 e. The van der Waals surface area contributed by atoms with Gasteiger partial charge in [0.05, 0.1) is 16.1 Å². The first-order valence-electron chi connectivity index (χ1n) is 7.88. The minimum atomic E-state index is -0.00735. The summed E-state index contributed by atoms with van der Waals surface area (Å²) in [6.45, 7) is 8.66. The average molecular weight is 509 g/mol. The van der Waals surface area contributed by atoms with Crippen molar-refractivity contribution in [3.63, 3.8) is 0 Å². The molecule has 0 radical (unpaired) electrons. The number of guanidine groups is 1. The molecule has 0 aliphatic heterocycles. The maximum absolute atomic E-state index is 6.10. The van der Waals surface area contributed by atoms with Crippen molar-refractivity contribution >= 4 is 53.1 Å². The molecule has 1 aromatic carbocycles. The van der Waals surface area contributed by atoms with E-state index in [1.165, 1.54) is 0 Å². The van der Waals surface area contributed by atoms with Crippen molar-refractivity contribution in [2.24, 2.45) is 12.0 Å². The molecule has 1 unspecified atom stereocenters. The molecule has 1 aromatic heterocycles. The molecule has 0 saturated carbocycles. The average Bonchev–Trinajstić information content (AvgIpc) is 2.91. The highest BCUT2D eigenvalue weighted by Gasteiger charge is 2.11. The normalized spacial score (nSPS) is 12.3. The standard InChI is InChI=1S/C17H22Cl2N6.HI/c1-5-8-20-17(21-10-16-24-23-12(3)25(16)4)22-11(2)13-6-7-14(18)15(19)9-13;/h5-7,9,11H,1,8,10H2,2-4H3,(H2,20,21,22);1H. The van der Waals surface area contributed by atoms with Crippen LogP contribution in [0.1, 0.15) is 30.2 Å². The summed E-state index contributed by atoms with van der Waals surface area (Å²) in [6.07, 6.45) is 1.77. The van der Waals surface area contributed by atoms with Gasteiger partial charge in [0.1, 0.15) is 12.4 Å². The van der Waals surface area contributed by atoms with Crippen LogP contribution in [0.2, 0.25) is 10.0 Å². The molecule has 26 heavy (non-hydrogen) atoms. The Bertz CT molecular complexity index is 775. The molecule has 0 bridgehead atoms. The van der Waals surface area contributed by atoms with Crippen LogP contribution in [-0.2, 0) is 13.6 Å². The lowest BCUT2D eigenvalue weighted by molar-refractivity contribution is 0.685. The van der Waals surface area contributed by atoms with Gasteiger partial charge in [0.25, 0.3) is 0 Å². The van der Waals surface area contributed by atoms with Gasteiger partial charge in [0.2, 0.25) is 0 Å². The lowest BCUT2D eigenvalue weighted by Crippen LogP contribution is -2.39. The summed E-state index contributed by atoms with van der Waals surface area (Å²) in [5.41, 5.74) is 1.01. The Balaban J connectivity index is 0.00000338. The predicted molar refractivity (Wildman–Crippen MR) is 119 cm³/mol. The predicted octanol–water partition coefficient (Wildman–Crippen LogP) is 4.03. The van der Waals surface area contributed by atoms with Crippen LogP contribution >= 0.6 is 47.2 Å². The van der Waals surface area contributed by atoms with E-state index in [0.717, 1.165) is 17.2 Å². The molecule has 142 valence electrons. The maximum atomic E-state index is 6.10. The van der Waals surface area contributed by atoms with Gasteiger partial charge in [-0.1, -0.05) is 35.3 Å². The fourth-order valence-electron chi connectivity index (χ4n) is 2.13. The van der Waals surface area contributed by atoms with Crippen molar-refractivity contribution < 1.29 is 0 Å². The summed E-state index contributed by atoms with van der Waals surface area (Å²) in [5.74, 6) is 2.29. The molecule has 0 spiro atoms. The third-order valence-electron chi connectivity index (χ3n) is 3.77. The van der Waals surface area contributed by atoms with Crippen LogP contribution in [0.15, 0.2) is 35.8 Å². The van der Waals surface area contributed by atoms with Crippen molar-refractivity contribution in [3.05, 3.63) is 58.1 Å². The number of nitrogens with one attached hydrogen (secondary N) is 2. The summed E-state index contributed by atoms with van der Waals surface area (Å²) in [7, 11) is 1.92. The SMILES string of the molecule is C=CCNC(=NCc1nnc(C)n1C)NC(C)c1ccc(Cl)c(Cl)c1.I. The van der Waals surface area contributed by atoms with Crippen LogP contribution in [0.25, 0.3) is 0 Å². The molecule has 2 rings (SSSR count). The van der Waals surface area contributed by atoms with E-state index < -0.39 is 0 Å². The second kappa shape index (κ2) is 10.7. The molecule has 1 atom stereocenters. The van der Waals surface area contributed by atoms with Gasteiger partial charge in [-0.25, -0.2) is 4.99 Å². The monoisotopic (exact) mass is 508 g/mol. The van der Waals surface area contributed by atoms with Crippen molar-refractivity contribution in [3.8, 4) is 0 Å². The van der Waals surface area contributed by atoms with Gasteiger partial charge in [0, 0.05) is 13.6 Å². The van der Waals surface area contributed by atoms with Crippen LogP contribution in [0.5, 0.6) is 0 Å². The van der Waals surface area contributed by atoms with E-state index in [2.05, 4.69) is 32.4 Å². The van der Waals surface area contributed by atoms with E-state index in [1.807, 2.05) is 37.6 Å². The van der Waals surface area contributed by atoms with Crippen molar-refractivity contribution in [2.75, 3.05) is 6.54 Å². The Hall–Kier alpha value is -1.32. The van der Waals surface area contributed by atoms with Gasteiger partial charge < -0.3 is 15.2 Å². The molecule has 2 aromatic rings. The second-order valence-corrected chi connectivity index (χ2v) is 6.41. The Morgan fingerprint density at radius 1 is 1.35 bits per heavy atom. The molecular weight excluding hydrogens is 486 g/mol. The number of benzene rings is 1. The molecule has 0 aliphatic carbocycles. The fourth-order valence-corrected chi connectivity index (χ4v) is 2.44. The summed E-state index contributed by atoms with van der Waals surface area (Å²) in [5, 5.41) is 15.8. The van der Waals surface area contributed by atoms with Gasteiger partial charge in [-0.05, 0) is 31.5 Å². The maximum Gasteiger partial charge on any atom is 0.192 e. The molecule has 6 nitrogen and oxygen atoms in total. The second-order valence-electron chi connectivity index (χ2n) is 5.60. The summed E-state index contributed by atoms with van der Waals surface area (Å²) < 4.78 is 1.91. The molecule has 0 saturated heterocycles. The zero-order chi connectivity index (χ0) is 18.4. The van der Waals surface area contributed by atoms with E-state index >= 15 is 0 Å². The molecule has 0 amide bonds. The summed E-state index contributed by atoms with van der Waals surface area (Å²) in [4.78, 5) is 4.58. The zero-order valence-corrected chi connectivity index (χ0v) is 18.8. The highest BCUT2D eigenvalue weighted by Crippen LogP contribution is 2.25. The van der Waals surface area contributed by atoms with Crippen LogP contribution in [0.4, 0.5) is 0 Å². The van der Waals surface area contributed by atoms with Gasteiger partial charge in [-0.3, -0.25) is 0 Å². The Morgan fingerprint density at radius 2 is 2.08 bits per heavy atom. The lowest BCUT2D eigenvalue weighted by atomic mass is 10.1. The highest BCUT2D eigenvalue weighted by atomic mass is 127. The number of aliphatic imine (C=N–C) groups is 1. The van der Waals surface area contributed by atoms with E-state index in [9.17, 15) is 0 Å². The van der Waals surface area contributed by atoms with Gasteiger partial charge >= 0.3 is 0 Å². The van der Waals surface area contributed by atoms with Crippen LogP contribution < -0.4 is 10.6 Å². The van der Waals surface area contributed by atoms with Crippen LogP contribution in [0.3, 0.4) is 0 Å². The van der Waals surface area contributed by atoms with Crippen LogP contribution in [0, 0.1) is 6.92 Å². The Kier molecular flexibility index (Phi) is 9.38. The lowest BCUT2D eigenvalue weighted by Gasteiger charge is -2.18. The number of aryl methyl sites for hydroxylation is 1. The molecule has 0 fully saturated rings. The zero-order valence-electron chi connectivity index (χ0n) is 15.0. The van der Waals surface area contributed by atoms with Crippen LogP contribution in [-0.4, -0.2) is 27.3 Å². The van der Waals surface area contributed by atoms with Crippen molar-refractivity contribution in [1.29, 1.82) is 0 Å². The third kappa shape index (κ3) is 6.14. The van der Waals surface area contributed by atoms with E-state index in [0.29, 0.717) is 29.1 Å². The quantitative estimate of drug-likeness (QED) is 0.267. The van der Waals surface area contributed by atoms with Crippen molar-refractivity contribution in [1.82, 2.24) is 25.4 Å². The Morgan fingerprint density at radius 3 is 2.65 bits per heavy atom. The largest absolute Gasteiger partial charge is 0.353 e. The number of rotatable bonds is 6. The summed E-state index contributed by atoms with van der Waals surface area (Å²) in [6, 6.07) is 5.56. The molecule has 2 N–H and O–H groups in total. The van der Waals surface area contributed by atoms with Gasteiger partial charge in [0.15, 0.2) is 11.8 Å². The molecule has 9 heteroatoms. The number of halogens is 3.